The molecule has 1 saturated carbocycles. The normalized spacial score (nSPS) is 22.2. The number of aromatic nitrogens is 1. The van der Waals surface area contributed by atoms with Gasteiger partial charge in [0, 0.05) is 17.5 Å². The van der Waals surface area contributed by atoms with E-state index in [1.54, 1.807) is 17.4 Å². The fourth-order valence-electron chi connectivity index (χ4n) is 4.39. The Balaban J connectivity index is 1.33. The van der Waals surface area contributed by atoms with Gasteiger partial charge in [-0.2, -0.15) is 0 Å². The number of amidine groups is 1. The molecule has 10 heteroatoms. The molecular formula is C25H34N6O3S. The largest absolute Gasteiger partial charge is 0.474 e. The minimum absolute atomic E-state index is 0.0396. The number of nitrogens with two attached hydrogens (primary N) is 1. The number of carbonyl (C=O) groups excluding carboxylic acids is 2. The second-order valence-corrected chi connectivity index (χ2v) is 11.1. The van der Waals surface area contributed by atoms with Crippen LogP contribution in [0, 0.1) is 25.7 Å². The maximum Gasteiger partial charge on any atom is 0.268 e. The monoisotopic (exact) mass is 498 g/mol. The predicted octanol–water partition coefficient (Wildman–Crippen LogP) is 3.47. The van der Waals surface area contributed by atoms with Crippen LogP contribution in [0.2, 0.25) is 0 Å². The number of hydrogen-bond donors (Lipinski definition) is 3. The van der Waals surface area contributed by atoms with Crippen molar-refractivity contribution in [2.45, 2.75) is 72.4 Å². The standard InChI is InChI=1S/C25H34N6O3S/c1-12(2)11-27-23-14(4)21(30-31-23)24(33)28-16-6-8-17(9-7-16)34-25-18(22(26)32)10-19-20(29-25)13(3)15(5)35-19/h10,12,14,16-17H,6-9,11H2,1-5H3,(H2,26,32)(H,27,31)(H,28,33)/t14?,16-,17-. The average molecular weight is 499 g/mol. The van der Waals surface area contributed by atoms with E-state index in [2.05, 4.69) is 39.7 Å². The average Bonchev–Trinajstić information content (AvgIpc) is 3.31. The van der Waals surface area contributed by atoms with Crippen LogP contribution in [0.25, 0.3) is 10.2 Å². The summed E-state index contributed by atoms with van der Waals surface area (Å²) in [7, 11) is 0. The summed E-state index contributed by atoms with van der Waals surface area (Å²) in [6.07, 6.45) is 2.92. The molecule has 3 heterocycles. The zero-order valence-corrected chi connectivity index (χ0v) is 21.8. The smallest absolute Gasteiger partial charge is 0.268 e. The third kappa shape index (κ3) is 5.47. The lowest BCUT2D eigenvalue weighted by Crippen LogP contribution is -2.45. The number of pyridine rings is 1. The quantitative estimate of drug-likeness (QED) is 0.538. The van der Waals surface area contributed by atoms with E-state index in [-0.39, 0.29) is 24.0 Å². The van der Waals surface area contributed by atoms with Gasteiger partial charge in [0.1, 0.15) is 23.2 Å². The van der Waals surface area contributed by atoms with Gasteiger partial charge in [0.25, 0.3) is 11.8 Å². The van der Waals surface area contributed by atoms with Crippen molar-refractivity contribution in [3.05, 3.63) is 22.1 Å². The van der Waals surface area contributed by atoms with Crippen LogP contribution in [0.5, 0.6) is 5.88 Å². The highest BCUT2D eigenvalue weighted by atomic mass is 32.1. The lowest BCUT2D eigenvalue weighted by molar-refractivity contribution is -0.116. The summed E-state index contributed by atoms with van der Waals surface area (Å²) in [6.45, 7) is 11.0. The number of rotatable bonds is 7. The SMILES string of the molecule is Cc1sc2cc(C(N)=O)c(O[C@H]3CC[C@H](NC(=O)C4=NN=C(NCC(C)C)C4C)CC3)nc2c1C. The molecule has 1 atom stereocenters. The molecule has 0 aromatic carbocycles. The molecule has 1 aliphatic heterocycles. The van der Waals surface area contributed by atoms with Gasteiger partial charge in [0.15, 0.2) is 0 Å². The summed E-state index contributed by atoms with van der Waals surface area (Å²) < 4.78 is 7.11. The van der Waals surface area contributed by atoms with Crippen LogP contribution in [0.1, 0.15) is 67.3 Å². The van der Waals surface area contributed by atoms with Crippen molar-refractivity contribution in [2.24, 2.45) is 27.8 Å². The molecule has 1 aliphatic carbocycles. The molecule has 2 amide bonds. The van der Waals surface area contributed by atoms with Crippen molar-refractivity contribution >= 4 is 44.9 Å². The highest BCUT2D eigenvalue weighted by Gasteiger charge is 2.31. The van der Waals surface area contributed by atoms with Crippen LogP contribution < -0.4 is 21.1 Å². The maximum atomic E-state index is 12.8. The number of carbonyl (C=O) groups is 2. The molecule has 0 saturated heterocycles. The number of primary amides is 1. The first kappa shape index (κ1) is 25.1. The topological polar surface area (TPSA) is 131 Å². The van der Waals surface area contributed by atoms with Gasteiger partial charge in [-0.1, -0.05) is 13.8 Å². The van der Waals surface area contributed by atoms with Gasteiger partial charge in [0.05, 0.1) is 16.1 Å². The minimum Gasteiger partial charge on any atom is -0.474 e. The molecule has 4 rings (SSSR count). The number of aryl methyl sites for hydroxylation is 2. The molecule has 1 unspecified atom stereocenters. The Kier molecular flexibility index (Phi) is 7.39. The van der Waals surface area contributed by atoms with Crippen LogP contribution in [-0.4, -0.2) is 47.0 Å². The van der Waals surface area contributed by atoms with Gasteiger partial charge in [-0.3, -0.25) is 9.59 Å². The molecule has 0 radical (unpaired) electrons. The Hall–Kier alpha value is -3.01. The molecular weight excluding hydrogens is 464 g/mol. The Labute approximate surface area is 209 Å². The predicted molar refractivity (Wildman–Crippen MR) is 139 cm³/mol. The molecule has 4 N–H and O–H groups in total. The lowest BCUT2D eigenvalue weighted by atomic mass is 9.92. The van der Waals surface area contributed by atoms with E-state index in [9.17, 15) is 9.59 Å². The fourth-order valence-corrected chi connectivity index (χ4v) is 5.44. The zero-order chi connectivity index (χ0) is 25.3. The second kappa shape index (κ2) is 10.3. The summed E-state index contributed by atoms with van der Waals surface area (Å²) in [5, 5.41) is 14.7. The van der Waals surface area contributed by atoms with Crippen molar-refractivity contribution in [1.29, 1.82) is 0 Å². The van der Waals surface area contributed by atoms with Gasteiger partial charge >= 0.3 is 0 Å². The summed E-state index contributed by atoms with van der Waals surface area (Å²) in [6, 6.07) is 1.82. The Morgan fingerprint density at radius 1 is 1.20 bits per heavy atom. The third-order valence-electron chi connectivity index (χ3n) is 6.66. The molecule has 2 aliphatic rings. The highest BCUT2D eigenvalue weighted by molar-refractivity contribution is 7.19. The van der Waals surface area contributed by atoms with Gasteiger partial charge < -0.3 is 21.1 Å². The number of amides is 2. The molecule has 2 aromatic heterocycles. The first-order chi connectivity index (χ1) is 16.6. The van der Waals surface area contributed by atoms with Crippen LogP contribution >= 0.6 is 11.3 Å². The van der Waals surface area contributed by atoms with E-state index in [1.807, 2.05) is 20.8 Å². The van der Waals surface area contributed by atoms with E-state index in [0.29, 0.717) is 23.1 Å². The van der Waals surface area contributed by atoms with E-state index in [4.69, 9.17) is 10.5 Å². The van der Waals surface area contributed by atoms with Crippen LogP contribution in [0.4, 0.5) is 0 Å². The van der Waals surface area contributed by atoms with E-state index in [0.717, 1.165) is 58.7 Å². The van der Waals surface area contributed by atoms with Crippen LogP contribution in [0.15, 0.2) is 16.3 Å². The second-order valence-electron chi connectivity index (χ2n) is 9.87. The molecule has 0 spiro atoms. The van der Waals surface area contributed by atoms with Crippen molar-refractivity contribution in [3.8, 4) is 5.88 Å². The van der Waals surface area contributed by atoms with Crippen molar-refractivity contribution in [3.63, 3.8) is 0 Å². The molecule has 2 aromatic rings. The highest BCUT2D eigenvalue weighted by Crippen LogP contribution is 2.34. The van der Waals surface area contributed by atoms with Gasteiger partial charge in [-0.05, 0) is 64.0 Å². The summed E-state index contributed by atoms with van der Waals surface area (Å²) >= 11 is 1.60. The summed E-state index contributed by atoms with van der Waals surface area (Å²) in [4.78, 5) is 30.7. The number of ether oxygens (including phenoxy) is 1. The minimum atomic E-state index is -0.546. The van der Waals surface area contributed by atoms with E-state index in [1.165, 1.54) is 0 Å². The van der Waals surface area contributed by atoms with Crippen LogP contribution in [-0.2, 0) is 4.79 Å². The Morgan fingerprint density at radius 2 is 1.91 bits per heavy atom. The first-order valence-corrected chi connectivity index (χ1v) is 13.0. The van der Waals surface area contributed by atoms with Gasteiger partial charge in [-0.15, -0.1) is 21.5 Å². The third-order valence-corrected chi connectivity index (χ3v) is 7.81. The van der Waals surface area contributed by atoms with E-state index >= 15 is 0 Å². The lowest BCUT2D eigenvalue weighted by Gasteiger charge is -2.29. The van der Waals surface area contributed by atoms with Gasteiger partial charge in [0.2, 0.25) is 5.88 Å². The first-order valence-electron chi connectivity index (χ1n) is 12.2. The maximum absolute atomic E-state index is 12.8. The fraction of sp³-hybridized carbons (Fsp3) is 0.560. The van der Waals surface area contributed by atoms with Crippen molar-refractivity contribution in [1.82, 2.24) is 15.6 Å². The van der Waals surface area contributed by atoms with E-state index < -0.39 is 5.91 Å². The van der Waals surface area contributed by atoms with Crippen molar-refractivity contribution in [2.75, 3.05) is 6.54 Å². The molecule has 35 heavy (non-hydrogen) atoms. The molecule has 1 fully saturated rings. The Bertz CT molecular complexity index is 1190. The summed E-state index contributed by atoms with van der Waals surface area (Å²) in [5.74, 6) is 0.659. The van der Waals surface area contributed by atoms with Gasteiger partial charge in [-0.25, -0.2) is 4.98 Å². The van der Waals surface area contributed by atoms with Crippen LogP contribution in [0.3, 0.4) is 0 Å². The molecule has 0 bridgehead atoms. The zero-order valence-electron chi connectivity index (χ0n) is 21.0. The summed E-state index contributed by atoms with van der Waals surface area (Å²) in [5.41, 5.74) is 8.32. The number of fused-ring (bicyclic) bond motifs is 1. The number of hydrogen-bond acceptors (Lipinski definition) is 8. The molecule has 9 nitrogen and oxygen atoms in total. The number of nitrogens with one attached hydrogen (secondary N) is 2. The number of thiophene rings is 1. The molecule has 188 valence electrons. The number of nitrogens with zero attached hydrogens (tertiary/aromatic N) is 3. The van der Waals surface area contributed by atoms with Crippen molar-refractivity contribution < 1.29 is 14.3 Å². The Morgan fingerprint density at radius 3 is 2.57 bits per heavy atom.